The number of hydroxylamine groups is 1. The lowest BCUT2D eigenvalue weighted by molar-refractivity contribution is -0.134. The Morgan fingerprint density at radius 2 is 1.72 bits per heavy atom. The Hall–Kier alpha value is -2.65. The number of halogens is 1. The van der Waals surface area contributed by atoms with E-state index in [2.05, 4.69) is 0 Å². The van der Waals surface area contributed by atoms with Gasteiger partial charge < -0.3 is 4.74 Å². The number of benzene rings is 3. The summed E-state index contributed by atoms with van der Waals surface area (Å²) >= 11 is 5.88. The summed E-state index contributed by atoms with van der Waals surface area (Å²) in [5, 5.41) is 11.5. The molecule has 3 rings (SSSR count). The van der Waals surface area contributed by atoms with E-state index < -0.39 is 27.9 Å². The fourth-order valence-electron chi connectivity index (χ4n) is 3.49. The molecule has 0 aliphatic carbocycles. The molecule has 1 atom stereocenters. The Bertz CT molecular complexity index is 1180. The van der Waals surface area contributed by atoms with Crippen LogP contribution < -0.4 is 10.2 Å². The Labute approximate surface area is 192 Å². The van der Waals surface area contributed by atoms with Gasteiger partial charge in [-0.2, -0.15) is 4.31 Å². The highest BCUT2D eigenvalue weighted by Gasteiger charge is 2.38. The van der Waals surface area contributed by atoms with Gasteiger partial charge in [-0.25, -0.2) is 13.9 Å². The molecular weight excluding hydrogens is 452 g/mol. The standard InChI is InChI=1S/C23H25ClN2O5S/c1-16(2)22(23(27)25-28)26(13-14-31-20-10-8-19(24)9-11-20)32(29,30)21-12-7-17-5-3-4-6-18(17)15-21/h3-12,15-16,22,28H,13-14H2,1-2H3,(H,25,27)/t22-/m1/s1. The normalized spacial score (nSPS) is 12.8. The molecule has 9 heteroatoms. The lowest BCUT2D eigenvalue weighted by atomic mass is 10.0. The van der Waals surface area contributed by atoms with Crippen LogP contribution in [0.15, 0.2) is 71.6 Å². The smallest absolute Gasteiger partial charge is 0.262 e. The summed E-state index contributed by atoms with van der Waals surface area (Å²) in [7, 11) is -4.09. The van der Waals surface area contributed by atoms with Crippen LogP contribution in [0.25, 0.3) is 10.8 Å². The fourth-order valence-corrected chi connectivity index (χ4v) is 5.35. The summed E-state index contributed by atoms with van der Waals surface area (Å²) in [6.07, 6.45) is 0. The Balaban J connectivity index is 1.94. The predicted octanol–water partition coefficient (Wildman–Crippen LogP) is 4.09. The van der Waals surface area contributed by atoms with Crippen LogP contribution in [0.1, 0.15) is 13.8 Å². The first-order valence-electron chi connectivity index (χ1n) is 10.1. The van der Waals surface area contributed by atoms with Crippen LogP contribution >= 0.6 is 11.6 Å². The molecule has 0 aromatic heterocycles. The maximum Gasteiger partial charge on any atom is 0.262 e. The summed E-state index contributed by atoms with van der Waals surface area (Å²) in [6, 6.07) is 17.8. The van der Waals surface area contributed by atoms with E-state index in [0.717, 1.165) is 15.1 Å². The Kier molecular flexibility index (Phi) is 7.73. The van der Waals surface area contributed by atoms with Crippen molar-refractivity contribution in [3.63, 3.8) is 0 Å². The Morgan fingerprint density at radius 3 is 2.34 bits per heavy atom. The molecule has 2 N–H and O–H groups in total. The number of rotatable bonds is 9. The van der Waals surface area contributed by atoms with Crippen LogP contribution in [0.2, 0.25) is 5.02 Å². The number of sulfonamides is 1. The van der Waals surface area contributed by atoms with Gasteiger partial charge in [-0.15, -0.1) is 0 Å². The minimum Gasteiger partial charge on any atom is -0.492 e. The van der Waals surface area contributed by atoms with Crippen molar-refractivity contribution in [3.8, 4) is 5.75 Å². The molecule has 1 amide bonds. The van der Waals surface area contributed by atoms with E-state index in [0.29, 0.717) is 10.8 Å². The number of carbonyl (C=O) groups excluding carboxylic acids is 1. The average molecular weight is 477 g/mol. The van der Waals surface area contributed by atoms with Crippen LogP contribution in [0.5, 0.6) is 5.75 Å². The topological polar surface area (TPSA) is 95.9 Å². The van der Waals surface area contributed by atoms with Gasteiger partial charge >= 0.3 is 0 Å². The molecule has 0 saturated heterocycles. The zero-order valence-corrected chi connectivity index (χ0v) is 19.3. The molecule has 0 fully saturated rings. The molecule has 32 heavy (non-hydrogen) atoms. The van der Waals surface area contributed by atoms with E-state index in [4.69, 9.17) is 16.3 Å². The molecular formula is C23H25ClN2O5S. The second-order valence-corrected chi connectivity index (χ2v) is 9.92. The van der Waals surface area contributed by atoms with Crippen molar-refractivity contribution in [1.29, 1.82) is 0 Å². The van der Waals surface area contributed by atoms with Crippen LogP contribution in [0, 0.1) is 5.92 Å². The third kappa shape index (κ3) is 5.39. The van der Waals surface area contributed by atoms with Gasteiger partial charge in [-0.3, -0.25) is 10.0 Å². The molecule has 170 valence electrons. The number of ether oxygens (including phenoxy) is 1. The van der Waals surface area contributed by atoms with E-state index >= 15 is 0 Å². The van der Waals surface area contributed by atoms with Gasteiger partial charge in [0.1, 0.15) is 18.4 Å². The van der Waals surface area contributed by atoms with Gasteiger partial charge in [-0.05, 0) is 53.1 Å². The number of hydrogen-bond acceptors (Lipinski definition) is 5. The first-order valence-corrected chi connectivity index (χ1v) is 11.9. The van der Waals surface area contributed by atoms with E-state index in [1.165, 1.54) is 6.07 Å². The monoisotopic (exact) mass is 476 g/mol. The molecule has 3 aromatic rings. The maximum absolute atomic E-state index is 13.6. The minimum atomic E-state index is -4.09. The number of amides is 1. The van der Waals surface area contributed by atoms with Crippen molar-refractivity contribution in [2.24, 2.45) is 5.92 Å². The van der Waals surface area contributed by atoms with Gasteiger partial charge in [-0.1, -0.05) is 55.8 Å². The molecule has 0 aliphatic heterocycles. The second kappa shape index (κ2) is 10.3. The second-order valence-electron chi connectivity index (χ2n) is 7.59. The summed E-state index contributed by atoms with van der Waals surface area (Å²) in [6.45, 7) is 3.32. The lowest BCUT2D eigenvalue weighted by Gasteiger charge is -2.31. The van der Waals surface area contributed by atoms with Crippen molar-refractivity contribution in [3.05, 3.63) is 71.8 Å². The molecule has 0 heterocycles. The summed E-state index contributed by atoms with van der Waals surface area (Å²) in [5.74, 6) is -0.700. The highest BCUT2D eigenvalue weighted by atomic mass is 35.5. The molecule has 0 radical (unpaired) electrons. The lowest BCUT2D eigenvalue weighted by Crippen LogP contribution is -2.52. The van der Waals surface area contributed by atoms with Crippen LogP contribution in [-0.4, -0.2) is 43.0 Å². The van der Waals surface area contributed by atoms with E-state index in [1.807, 2.05) is 24.3 Å². The fraction of sp³-hybridized carbons (Fsp3) is 0.261. The van der Waals surface area contributed by atoms with Gasteiger partial charge in [0, 0.05) is 11.6 Å². The zero-order chi connectivity index (χ0) is 23.3. The first-order chi connectivity index (χ1) is 15.2. The van der Waals surface area contributed by atoms with Crippen molar-refractivity contribution < 1.29 is 23.2 Å². The number of carbonyl (C=O) groups is 1. The van der Waals surface area contributed by atoms with E-state index in [9.17, 15) is 18.4 Å². The van der Waals surface area contributed by atoms with Gasteiger partial charge in [0.25, 0.3) is 5.91 Å². The number of fused-ring (bicyclic) bond motifs is 1. The zero-order valence-electron chi connectivity index (χ0n) is 17.7. The number of hydrogen-bond donors (Lipinski definition) is 2. The molecule has 0 saturated carbocycles. The van der Waals surface area contributed by atoms with Crippen LogP contribution in [0.3, 0.4) is 0 Å². The third-order valence-corrected chi connectivity index (χ3v) is 7.17. The molecule has 0 bridgehead atoms. The molecule has 0 spiro atoms. The predicted molar refractivity (Wildman–Crippen MR) is 123 cm³/mol. The van der Waals surface area contributed by atoms with Crippen LogP contribution in [0.4, 0.5) is 0 Å². The minimum absolute atomic E-state index is 0.00360. The number of nitrogens with zero attached hydrogens (tertiary/aromatic N) is 1. The molecule has 0 aliphatic rings. The van der Waals surface area contributed by atoms with Crippen LogP contribution in [-0.2, 0) is 14.8 Å². The quantitative estimate of drug-likeness (QED) is 0.358. The largest absolute Gasteiger partial charge is 0.492 e. The van der Waals surface area contributed by atoms with Crippen molar-refractivity contribution >= 4 is 38.3 Å². The van der Waals surface area contributed by atoms with Gasteiger partial charge in [0.2, 0.25) is 10.0 Å². The van der Waals surface area contributed by atoms with Crippen molar-refractivity contribution in [2.75, 3.05) is 13.2 Å². The summed E-state index contributed by atoms with van der Waals surface area (Å²) < 4.78 is 34.0. The SMILES string of the molecule is CC(C)[C@H](C(=O)NO)N(CCOc1ccc(Cl)cc1)S(=O)(=O)c1ccc2ccccc2c1. The third-order valence-electron chi connectivity index (χ3n) is 5.04. The average Bonchev–Trinajstić information content (AvgIpc) is 2.78. The molecule has 3 aromatic carbocycles. The van der Waals surface area contributed by atoms with Gasteiger partial charge in [0.05, 0.1) is 4.90 Å². The van der Waals surface area contributed by atoms with Gasteiger partial charge in [0.15, 0.2) is 0 Å². The van der Waals surface area contributed by atoms with E-state index in [1.54, 1.807) is 55.7 Å². The number of nitrogens with one attached hydrogen (secondary N) is 1. The van der Waals surface area contributed by atoms with Crippen molar-refractivity contribution in [1.82, 2.24) is 9.79 Å². The molecule has 7 nitrogen and oxygen atoms in total. The highest BCUT2D eigenvalue weighted by Crippen LogP contribution is 2.26. The molecule has 0 unspecified atom stereocenters. The highest BCUT2D eigenvalue weighted by molar-refractivity contribution is 7.89. The summed E-state index contributed by atoms with van der Waals surface area (Å²) in [5.41, 5.74) is 1.59. The Morgan fingerprint density at radius 1 is 1.06 bits per heavy atom. The van der Waals surface area contributed by atoms with Crippen molar-refractivity contribution in [2.45, 2.75) is 24.8 Å². The first kappa shape index (κ1) is 24.0. The maximum atomic E-state index is 13.6. The summed E-state index contributed by atoms with van der Waals surface area (Å²) in [4.78, 5) is 12.5. The van der Waals surface area contributed by atoms with E-state index in [-0.39, 0.29) is 18.0 Å².